The summed E-state index contributed by atoms with van der Waals surface area (Å²) in [6.45, 7) is 0.596. The van der Waals surface area contributed by atoms with Gasteiger partial charge in [-0.25, -0.2) is 4.39 Å². The lowest BCUT2D eigenvalue weighted by molar-refractivity contribution is 0.631. The minimum absolute atomic E-state index is 0.208. The van der Waals surface area contributed by atoms with Crippen molar-refractivity contribution in [2.75, 3.05) is 17.2 Å². The van der Waals surface area contributed by atoms with E-state index < -0.39 is 0 Å². The maximum Gasteiger partial charge on any atom is 0.249 e. The Morgan fingerprint density at radius 3 is 2.72 bits per heavy atom. The van der Waals surface area contributed by atoms with Crippen molar-refractivity contribution in [1.29, 1.82) is 0 Å². The van der Waals surface area contributed by atoms with E-state index in [1.54, 1.807) is 30.3 Å². The number of benzene rings is 2. The van der Waals surface area contributed by atoms with Crippen LogP contribution in [0.25, 0.3) is 0 Å². The van der Waals surface area contributed by atoms with Gasteiger partial charge in [0.15, 0.2) is 5.82 Å². The first kappa shape index (κ1) is 17.4. The van der Waals surface area contributed by atoms with Crippen LogP contribution in [-0.4, -0.2) is 21.7 Å². The molecule has 0 bridgehead atoms. The molecule has 1 heterocycles. The summed E-state index contributed by atoms with van der Waals surface area (Å²) in [6.07, 6.45) is 2.19. The second-order valence-electron chi connectivity index (χ2n) is 5.18. The number of hydrogen-bond donors (Lipinski definition) is 2. The molecule has 1 aromatic heterocycles. The summed E-state index contributed by atoms with van der Waals surface area (Å²) in [5, 5.41) is 14.9. The lowest BCUT2D eigenvalue weighted by Gasteiger charge is -2.09. The molecule has 8 heteroatoms. The standard InChI is InChI=1S/C17H14Cl2FN5/c18-12-6-5-11(13(19)9-12)7-8-21-16-10-22-25-17(24-16)23-15-4-2-1-3-14(15)20/h1-6,9-10H,7-8H2,(H2,21,23,24,25). The summed E-state index contributed by atoms with van der Waals surface area (Å²) in [5.74, 6) is 0.348. The number of para-hydroxylation sites is 1. The van der Waals surface area contributed by atoms with Crippen LogP contribution >= 0.6 is 23.2 Å². The number of anilines is 3. The average molecular weight is 378 g/mol. The first-order chi connectivity index (χ1) is 12.1. The van der Waals surface area contributed by atoms with E-state index in [1.165, 1.54) is 12.3 Å². The van der Waals surface area contributed by atoms with Crippen molar-refractivity contribution >= 4 is 40.7 Å². The fraction of sp³-hybridized carbons (Fsp3) is 0.118. The first-order valence-electron chi connectivity index (χ1n) is 7.51. The van der Waals surface area contributed by atoms with Crippen LogP contribution in [-0.2, 0) is 6.42 Å². The Labute approximate surface area is 154 Å². The van der Waals surface area contributed by atoms with Crippen LogP contribution in [0.15, 0.2) is 48.7 Å². The molecule has 0 atom stereocenters. The monoisotopic (exact) mass is 377 g/mol. The third-order valence-corrected chi connectivity index (χ3v) is 3.98. The van der Waals surface area contributed by atoms with Crippen molar-refractivity contribution in [3.63, 3.8) is 0 Å². The number of nitrogens with one attached hydrogen (secondary N) is 2. The lowest BCUT2D eigenvalue weighted by Crippen LogP contribution is -2.09. The highest BCUT2D eigenvalue weighted by molar-refractivity contribution is 6.35. The summed E-state index contributed by atoms with van der Waals surface area (Å²) in [4.78, 5) is 4.26. The van der Waals surface area contributed by atoms with Crippen LogP contribution < -0.4 is 10.6 Å². The summed E-state index contributed by atoms with van der Waals surface area (Å²) in [7, 11) is 0. The van der Waals surface area contributed by atoms with Crippen LogP contribution in [0, 0.1) is 5.82 Å². The van der Waals surface area contributed by atoms with Crippen LogP contribution in [0.2, 0.25) is 10.0 Å². The summed E-state index contributed by atoms with van der Waals surface area (Å²) in [6, 6.07) is 11.7. The molecule has 0 radical (unpaired) electrons. The molecule has 0 unspecified atom stereocenters. The predicted octanol–water partition coefficient (Wildman–Crippen LogP) is 4.72. The van der Waals surface area contributed by atoms with Gasteiger partial charge in [-0.2, -0.15) is 10.1 Å². The van der Waals surface area contributed by atoms with Gasteiger partial charge in [-0.3, -0.25) is 0 Å². The predicted molar refractivity (Wildman–Crippen MR) is 98.2 cm³/mol. The van der Waals surface area contributed by atoms with Crippen molar-refractivity contribution < 1.29 is 4.39 Å². The minimum Gasteiger partial charge on any atom is -0.368 e. The fourth-order valence-corrected chi connectivity index (χ4v) is 2.68. The Bertz CT molecular complexity index is 875. The van der Waals surface area contributed by atoms with Crippen molar-refractivity contribution in [3.05, 3.63) is 70.1 Å². The van der Waals surface area contributed by atoms with Gasteiger partial charge < -0.3 is 10.6 Å². The van der Waals surface area contributed by atoms with Crippen molar-refractivity contribution in [2.24, 2.45) is 0 Å². The fourth-order valence-electron chi connectivity index (χ4n) is 2.17. The first-order valence-corrected chi connectivity index (χ1v) is 8.26. The van der Waals surface area contributed by atoms with E-state index in [2.05, 4.69) is 25.8 Å². The van der Waals surface area contributed by atoms with Gasteiger partial charge in [-0.1, -0.05) is 41.4 Å². The molecule has 2 N–H and O–H groups in total. The highest BCUT2D eigenvalue weighted by atomic mass is 35.5. The zero-order chi connectivity index (χ0) is 17.6. The molecule has 3 aromatic rings. The number of rotatable bonds is 6. The summed E-state index contributed by atoms with van der Waals surface area (Å²) < 4.78 is 13.7. The molecular weight excluding hydrogens is 364 g/mol. The molecule has 0 aliphatic carbocycles. The second-order valence-corrected chi connectivity index (χ2v) is 6.03. The molecule has 0 spiro atoms. The Kier molecular flexibility index (Phi) is 5.63. The Balaban J connectivity index is 1.61. The van der Waals surface area contributed by atoms with Crippen LogP contribution in [0.1, 0.15) is 5.56 Å². The van der Waals surface area contributed by atoms with E-state index in [0.717, 1.165) is 5.56 Å². The molecule has 5 nitrogen and oxygen atoms in total. The Morgan fingerprint density at radius 1 is 1.08 bits per heavy atom. The van der Waals surface area contributed by atoms with Crippen molar-refractivity contribution in [1.82, 2.24) is 15.2 Å². The third kappa shape index (κ3) is 4.78. The molecule has 0 fully saturated rings. The molecule has 25 heavy (non-hydrogen) atoms. The van der Waals surface area contributed by atoms with Crippen LogP contribution in [0.5, 0.6) is 0 Å². The molecule has 2 aromatic carbocycles. The van der Waals surface area contributed by atoms with E-state index in [9.17, 15) is 4.39 Å². The Hall–Kier alpha value is -2.44. The van der Waals surface area contributed by atoms with Gasteiger partial charge in [-0.15, -0.1) is 5.10 Å². The average Bonchev–Trinajstić information content (AvgIpc) is 2.59. The zero-order valence-electron chi connectivity index (χ0n) is 13.0. The molecule has 0 aliphatic heterocycles. The molecular formula is C17H14Cl2FN5. The smallest absolute Gasteiger partial charge is 0.249 e. The van der Waals surface area contributed by atoms with Gasteiger partial charge in [0.2, 0.25) is 5.95 Å². The quantitative estimate of drug-likeness (QED) is 0.650. The molecule has 128 valence electrons. The Morgan fingerprint density at radius 2 is 1.92 bits per heavy atom. The molecule has 3 rings (SSSR count). The third-order valence-electron chi connectivity index (χ3n) is 3.39. The summed E-state index contributed by atoms with van der Waals surface area (Å²) >= 11 is 12.0. The summed E-state index contributed by atoms with van der Waals surface area (Å²) in [5.41, 5.74) is 1.26. The SMILES string of the molecule is Fc1ccccc1Nc1nncc(NCCc2ccc(Cl)cc2Cl)n1. The van der Waals surface area contributed by atoms with Crippen molar-refractivity contribution in [2.45, 2.75) is 6.42 Å². The maximum atomic E-state index is 13.7. The second kappa shape index (κ2) is 8.09. The molecule has 0 saturated heterocycles. The molecule has 0 saturated carbocycles. The van der Waals surface area contributed by atoms with E-state index in [1.807, 2.05) is 6.07 Å². The van der Waals surface area contributed by atoms with Gasteiger partial charge in [-0.05, 0) is 36.2 Å². The van der Waals surface area contributed by atoms with E-state index in [-0.39, 0.29) is 17.5 Å². The van der Waals surface area contributed by atoms with Gasteiger partial charge in [0.1, 0.15) is 5.82 Å². The molecule has 0 amide bonds. The van der Waals surface area contributed by atoms with Gasteiger partial charge >= 0.3 is 0 Å². The van der Waals surface area contributed by atoms with E-state index in [4.69, 9.17) is 23.2 Å². The highest BCUT2D eigenvalue weighted by Gasteiger charge is 2.06. The van der Waals surface area contributed by atoms with Crippen LogP contribution in [0.3, 0.4) is 0 Å². The van der Waals surface area contributed by atoms with E-state index >= 15 is 0 Å². The maximum absolute atomic E-state index is 13.7. The normalized spacial score (nSPS) is 10.5. The number of aromatic nitrogens is 3. The number of nitrogens with zero attached hydrogens (tertiary/aromatic N) is 3. The number of halogens is 3. The van der Waals surface area contributed by atoms with Crippen molar-refractivity contribution in [3.8, 4) is 0 Å². The minimum atomic E-state index is -0.387. The zero-order valence-corrected chi connectivity index (χ0v) is 14.5. The number of hydrogen-bond acceptors (Lipinski definition) is 5. The highest BCUT2D eigenvalue weighted by Crippen LogP contribution is 2.21. The van der Waals surface area contributed by atoms with Crippen LogP contribution in [0.4, 0.5) is 21.8 Å². The van der Waals surface area contributed by atoms with Gasteiger partial charge in [0, 0.05) is 16.6 Å². The van der Waals surface area contributed by atoms with E-state index in [0.29, 0.717) is 28.8 Å². The largest absolute Gasteiger partial charge is 0.368 e. The van der Waals surface area contributed by atoms with Gasteiger partial charge in [0.05, 0.1) is 11.9 Å². The molecule has 0 aliphatic rings. The topological polar surface area (TPSA) is 62.7 Å². The lowest BCUT2D eigenvalue weighted by atomic mass is 10.1. The van der Waals surface area contributed by atoms with Gasteiger partial charge in [0.25, 0.3) is 0 Å².